The van der Waals surface area contributed by atoms with Gasteiger partial charge in [-0.05, 0) is 68.2 Å². The van der Waals surface area contributed by atoms with Gasteiger partial charge in [0.25, 0.3) is 0 Å². The monoisotopic (exact) mass is 355 g/mol. The molecule has 0 saturated heterocycles. The molecule has 7 heteroatoms. The summed E-state index contributed by atoms with van der Waals surface area (Å²) in [5, 5.41) is 13.4. The molecule has 2 atom stereocenters. The van der Waals surface area contributed by atoms with E-state index in [1.165, 1.54) is 11.1 Å². The number of nitrogens with zero attached hydrogens (tertiary/aromatic N) is 1. The van der Waals surface area contributed by atoms with Crippen molar-refractivity contribution in [1.82, 2.24) is 0 Å². The Kier molecular flexibility index (Phi) is 4.95. The van der Waals surface area contributed by atoms with Crippen LogP contribution in [0.5, 0.6) is 0 Å². The number of hydrogen-bond acceptors (Lipinski definition) is 2. The fourth-order valence-electron chi connectivity index (χ4n) is 3.83. The third-order valence-electron chi connectivity index (χ3n) is 5.20. The average molecular weight is 355 g/mol. The van der Waals surface area contributed by atoms with E-state index < -0.39 is 17.7 Å². The van der Waals surface area contributed by atoms with Crippen molar-refractivity contribution in [3.05, 3.63) is 29.3 Å². The lowest BCUT2D eigenvalue weighted by atomic mass is 9.78. The molecule has 0 aliphatic heterocycles. The van der Waals surface area contributed by atoms with Crippen LogP contribution in [0.15, 0.2) is 23.2 Å². The van der Waals surface area contributed by atoms with Gasteiger partial charge in [-0.1, -0.05) is 6.07 Å². The van der Waals surface area contributed by atoms with Gasteiger partial charge < -0.3 is 16.2 Å². The van der Waals surface area contributed by atoms with Gasteiger partial charge in [-0.3, -0.25) is 4.99 Å². The molecule has 25 heavy (non-hydrogen) atoms. The molecule has 1 aromatic carbocycles. The van der Waals surface area contributed by atoms with E-state index in [1.54, 1.807) is 0 Å². The van der Waals surface area contributed by atoms with Crippen molar-refractivity contribution < 1.29 is 18.3 Å². The van der Waals surface area contributed by atoms with Crippen molar-refractivity contribution in [3.63, 3.8) is 0 Å². The Bertz CT molecular complexity index is 659. The van der Waals surface area contributed by atoms with Crippen molar-refractivity contribution in [1.29, 1.82) is 0 Å². The lowest BCUT2D eigenvalue weighted by Gasteiger charge is -2.36. The Balaban J connectivity index is 1.60. The summed E-state index contributed by atoms with van der Waals surface area (Å²) in [4.78, 5) is 4.09. The van der Waals surface area contributed by atoms with E-state index in [2.05, 4.69) is 16.4 Å². The Hall–Kier alpha value is -1.76. The molecule has 4 N–H and O–H groups in total. The van der Waals surface area contributed by atoms with E-state index in [-0.39, 0.29) is 25.3 Å². The Morgan fingerprint density at radius 1 is 1.28 bits per heavy atom. The van der Waals surface area contributed by atoms with Crippen molar-refractivity contribution in [2.24, 2.45) is 16.6 Å². The van der Waals surface area contributed by atoms with Crippen molar-refractivity contribution in [3.8, 4) is 0 Å². The van der Waals surface area contributed by atoms with Crippen LogP contribution < -0.4 is 11.1 Å². The van der Waals surface area contributed by atoms with Crippen LogP contribution in [0, 0.1) is 5.92 Å². The number of benzene rings is 1. The third-order valence-corrected chi connectivity index (χ3v) is 5.20. The summed E-state index contributed by atoms with van der Waals surface area (Å²) in [6.45, 7) is -0.122. The molecule has 4 nitrogen and oxygen atoms in total. The number of fused-ring (bicyclic) bond motifs is 1. The molecule has 0 amide bonds. The Labute approximate surface area is 145 Å². The molecule has 2 aliphatic carbocycles. The highest BCUT2D eigenvalue weighted by molar-refractivity contribution is 5.92. The fraction of sp³-hybridized carbons (Fsp3) is 0.611. The van der Waals surface area contributed by atoms with Crippen LogP contribution in [0.2, 0.25) is 0 Å². The van der Waals surface area contributed by atoms with Crippen LogP contribution in [-0.4, -0.2) is 29.4 Å². The summed E-state index contributed by atoms with van der Waals surface area (Å²) in [7, 11) is 0. The number of nitrogens with two attached hydrogens (primary N) is 1. The first-order valence-electron chi connectivity index (χ1n) is 8.73. The van der Waals surface area contributed by atoms with Crippen LogP contribution in [0.1, 0.15) is 43.2 Å². The minimum Gasteiger partial charge on any atom is -0.388 e. The first-order valence-corrected chi connectivity index (χ1v) is 8.73. The van der Waals surface area contributed by atoms with Crippen LogP contribution in [0.4, 0.5) is 18.9 Å². The summed E-state index contributed by atoms with van der Waals surface area (Å²) in [5.41, 5.74) is 7.85. The van der Waals surface area contributed by atoms with Gasteiger partial charge in [-0.25, -0.2) is 0 Å². The lowest BCUT2D eigenvalue weighted by Crippen LogP contribution is -2.43. The second-order valence-corrected chi connectivity index (χ2v) is 7.22. The highest BCUT2D eigenvalue weighted by Gasteiger charge is 2.46. The summed E-state index contributed by atoms with van der Waals surface area (Å²) < 4.78 is 38.7. The van der Waals surface area contributed by atoms with E-state index in [1.807, 2.05) is 12.1 Å². The van der Waals surface area contributed by atoms with Gasteiger partial charge in [0.05, 0.1) is 18.1 Å². The molecule has 0 heterocycles. The summed E-state index contributed by atoms with van der Waals surface area (Å²) in [6, 6.07) is 6.00. The van der Waals surface area contributed by atoms with Gasteiger partial charge in [0.1, 0.15) is 0 Å². The first kappa shape index (κ1) is 18.0. The maximum atomic E-state index is 12.9. The molecule has 1 saturated carbocycles. The molecular weight excluding hydrogens is 331 g/mol. The molecule has 138 valence electrons. The van der Waals surface area contributed by atoms with Crippen LogP contribution in [-0.2, 0) is 12.8 Å². The quantitative estimate of drug-likeness (QED) is 0.575. The van der Waals surface area contributed by atoms with E-state index >= 15 is 0 Å². The number of nitrogens with one attached hydrogen (secondary N) is 1. The SMILES string of the molecule is NC(=NCC1(O)CCCC(C(F)(F)F)C1)Nc1ccc2c(c1)CCC2. The number of aryl methyl sites for hydroxylation is 2. The van der Waals surface area contributed by atoms with Crippen LogP contribution in [0.25, 0.3) is 0 Å². The summed E-state index contributed by atoms with van der Waals surface area (Å²) in [5.74, 6) is -1.35. The van der Waals surface area contributed by atoms with E-state index in [0.717, 1.165) is 24.9 Å². The minimum absolute atomic E-state index is 0.0678. The Morgan fingerprint density at radius 2 is 2.04 bits per heavy atom. The largest absolute Gasteiger partial charge is 0.391 e. The van der Waals surface area contributed by atoms with Gasteiger partial charge in [0, 0.05) is 5.69 Å². The molecule has 1 aromatic rings. The second kappa shape index (κ2) is 6.86. The van der Waals surface area contributed by atoms with Gasteiger partial charge in [-0.15, -0.1) is 0 Å². The van der Waals surface area contributed by atoms with Crippen molar-refractivity contribution in [2.75, 3.05) is 11.9 Å². The number of anilines is 1. The number of halogens is 3. The maximum Gasteiger partial charge on any atom is 0.391 e. The lowest BCUT2D eigenvalue weighted by molar-refractivity contribution is -0.199. The summed E-state index contributed by atoms with van der Waals surface area (Å²) >= 11 is 0. The predicted octanol–water partition coefficient (Wildman–Crippen LogP) is 3.39. The first-order chi connectivity index (χ1) is 11.8. The molecular formula is C18H24F3N3O. The van der Waals surface area contributed by atoms with Gasteiger partial charge in [-0.2, -0.15) is 13.2 Å². The molecule has 0 aromatic heterocycles. The number of rotatable bonds is 3. The average Bonchev–Trinajstić information content (AvgIpc) is 3.00. The number of aliphatic imine (C=N–C) groups is 1. The molecule has 0 bridgehead atoms. The Morgan fingerprint density at radius 3 is 2.80 bits per heavy atom. The van der Waals surface area contributed by atoms with Gasteiger partial charge >= 0.3 is 6.18 Å². The highest BCUT2D eigenvalue weighted by atomic mass is 19.4. The maximum absolute atomic E-state index is 12.9. The zero-order chi connectivity index (χ0) is 18.1. The molecule has 1 fully saturated rings. The zero-order valence-electron chi connectivity index (χ0n) is 14.1. The topological polar surface area (TPSA) is 70.6 Å². The van der Waals surface area contributed by atoms with Gasteiger partial charge in [0.15, 0.2) is 5.96 Å². The number of hydrogen-bond donors (Lipinski definition) is 3. The predicted molar refractivity (Wildman–Crippen MR) is 91.5 cm³/mol. The molecule has 3 rings (SSSR count). The number of guanidine groups is 1. The number of alkyl halides is 3. The molecule has 0 radical (unpaired) electrons. The van der Waals surface area contributed by atoms with Crippen molar-refractivity contribution >= 4 is 11.6 Å². The summed E-state index contributed by atoms with van der Waals surface area (Å²) in [6.07, 6.45) is -0.580. The van der Waals surface area contributed by atoms with E-state index in [9.17, 15) is 18.3 Å². The normalized spacial score (nSPS) is 27.2. The zero-order valence-corrected chi connectivity index (χ0v) is 14.1. The fourth-order valence-corrected chi connectivity index (χ4v) is 3.83. The highest BCUT2D eigenvalue weighted by Crippen LogP contribution is 2.41. The molecule has 2 aliphatic rings. The van der Waals surface area contributed by atoms with E-state index in [0.29, 0.717) is 12.8 Å². The van der Waals surface area contributed by atoms with Crippen molar-refractivity contribution in [2.45, 2.75) is 56.7 Å². The molecule has 0 spiro atoms. The van der Waals surface area contributed by atoms with E-state index in [4.69, 9.17) is 5.73 Å². The second-order valence-electron chi connectivity index (χ2n) is 7.22. The minimum atomic E-state index is -4.27. The van der Waals surface area contributed by atoms with Crippen LogP contribution in [0.3, 0.4) is 0 Å². The third kappa shape index (κ3) is 4.45. The molecule has 2 unspecified atom stereocenters. The van der Waals surface area contributed by atoms with Gasteiger partial charge in [0.2, 0.25) is 0 Å². The number of aliphatic hydroxyl groups is 1. The smallest absolute Gasteiger partial charge is 0.388 e. The standard InChI is InChI=1S/C18H24F3N3O/c19-18(20,21)14-5-2-8-17(25,10-14)11-23-16(22)24-15-7-6-12-3-1-4-13(12)9-15/h6-7,9,14,25H,1-5,8,10-11H2,(H3,22,23,24). The van der Waals surface area contributed by atoms with Crippen LogP contribution >= 0.6 is 0 Å².